The molecule has 208 valence electrons. The number of benzene rings is 1. The minimum absolute atomic E-state index is 0.0583. The molecule has 5 heteroatoms. The number of aliphatic hydroxyl groups excluding tert-OH is 1. The van der Waals surface area contributed by atoms with E-state index in [0.717, 1.165) is 57.2 Å². The Bertz CT molecular complexity index is 1120. The summed E-state index contributed by atoms with van der Waals surface area (Å²) in [4.78, 5) is 0. The van der Waals surface area contributed by atoms with Gasteiger partial charge in [0.05, 0.1) is 17.1 Å². The third-order valence-electron chi connectivity index (χ3n) is 11.2. The molecule has 2 aliphatic heterocycles. The number of nitrogens with two attached hydrogens (primary N) is 1. The number of hydrogen-bond donors (Lipinski definition) is 4. The van der Waals surface area contributed by atoms with Crippen molar-refractivity contribution in [1.82, 2.24) is 5.32 Å². The number of phenolic OH excluding ortho intramolecular Hbond substituents is 1. The SMILES string of the molecule is CCCNCc1cc(O)cc2c1C[C@H]1CCC[C@H](C1)[C@]13C[C@@H]4CC[C@@H](CO)[C@](N)([C@@H]1C#CC2)[C@@H]4C(C)(C)O3. The molecule has 4 aliphatic carbocycles. The molecule has 7 rings (SSSR count). The highest BCUT2D eigenvalue weighted by molar-refractivity contribution is 5.45. The number of ether oxygens (including phenoxy) is 1. The van der Waals surface area contributed by atoms with Gasteiger partial charge in [0, 0.05) is 36.9 Å². The molecule has 0 radical (unpaired) electrons. The van der Waals surface area contributed by atoms with Crippen LogP contribution >= 0.6 is 0 Å². The second-order valence-electron chi connectivity index (χ2n) is 13.8. The van der Waals surface area contributed by atoms with Crippen molar-refractivity contribution in [2.24, 2.45) is 41.2 Å². The summed E-state index contributed by atoms with van der Waals surface area (Å²) in [5, 5.41) is 24.8. The molecule has 6 aliphatic rings. The first-order chi connectivity index (χ1) is 18.2. The van der Waals surface area contributed by atoms with Crippen molar-refractivity contribution in [2.45, 2.75) is 108 Å². The van der Waals surface area contributed by atoms with E-state index >= 15 is 0 Å². The van der Waals surface area contributed by atoms with Gasteiger partial charge in [0.1, 0.15) is 5.75 Å². The average molecular weight is 521 g/mol. The van der Waals surface area contributed by atoms with Crippen molar-refractivity contribution >= 4 is 0 Å². The first-order valence-corrected chi connectivity index (χ1v) is 15.4. The van der Waals surface area contributed by atoms with E-state index in [4.69, 9.17) is 10.5 Å². The monoisotopic (exact) mass is 520 g/mol. The van der Waals surface area contributed by atoms with Crippen LogP contribution in [-0.2, 0) is 24.1 Å². The van der Waals surface area contributed by atoms with E-state index in [1.807, 2.05) is 12.1 Å². The molecular weight excluding hydrogens is 472 g/mol. The molecule has 5 fully saturated rings. The number of phenols is 1. The van der Waals surface area contributed by atoms with Gasteiger partial charge in [0.2, 0.25) is 0 Å². The van der Waals surface area contributed by atoms with Crippen LogP contribution < -0.4 is 11.1 Å². The molecule has 8 atom stereocenters. The van der Waals surface area contributed by atoms with Crippen molar-refractivity contribution < 1.29 is 14.9 Å². The van der Waals surface area contributed by atoms with E-state index in [1.165, 1.54) is 30.4 Å². The maximum atomic E-state index is 10.7. The highest BCUT2D eigenvalue weighted by atomic mass is 16.5. The van der Waals surface area contributed by atoms with E-state index in [0.29, 0.717) is 29.9 Å². The molecule has 1 spiro atoms. The Morgan fingerprint density at radius 3 is 2.82 bits per heavy atom. The molecular formula is C33H48N2O3. The second kappa shape index (κ2) is 9.81. The molecule has 5 N–H and O–H groups in total. The van der Waals surface area contributed by atoms with Crippen LogP contribution in [0.2, 0.25) is 0 Å². The number of hydrogen-bond acceptors (Lipinski definition) is 5. The van der Waals surface area contributed by atoms with Crippen LogP contribution in [0.1, 0.15) is 88.8 Å². The first-order valence-electron chi connectivity index (χ1n) is 15.4. The summed E-state index contributed by atoms with van der Waals surface area (Å²) in [5.41, 5.74) is 10.2. The zero-order chi connectivity index (χ0) is 26.7. The van der Waals surface area contributed by atoms with Gasteiger partial charge in [-0.15, -0.1) is 0 Å². The predicted octanol–water partition coefficient (Wildman–Crippen LogP) is 4.70. The lowest BCUT2D eigenvalue weighted by molar-refractivity contribution is -0.339. The highest BCUT2D eigenvalue weighted by Crippen LogP contribution is 2.67. The van der Waals surface area contributed by atoms with Crippen molar-refractivity contribution in [3.8, 4) is 17.6 Å². The highest BCUT2D eigenvalue weighted by Gasteiger charge is 2.74. The van der Waals surface area contributed by atoms with Gasteiger partial charge in [-0.3, -0.25) is 0 Å². The van der Waals surface area contributed by atoms with E-state index in [2.05, 4.69) is 37.9 Å². The minimum Gasteiger partial charge on any atom is -0.508 e. The fourth-order valence-electron chi connectivity index (χ4n) is 10.1. The van der Waals surface area contributed by atoms with Gasteiger partial charge in [0.15, 0.2) is 0 Å². The first kappa shape index (κ1) is 26.6. The van der Waals surface area contributed by atoms with Gasteiger partial charge in [-0.2, -0.15) is 0 Å². The van der Waals surface area contributed by atoms with Crippen molar-refractivity contribution in [2.75, 3.05) is 13.2 Å². The number of fused-ring (bicyclic) bond motifs is 4. The second-order valence-corrected chi connectivity index (χ2v) is 13.8. The van der Waals surface area contributed by atoms with Crippen LogP contribution in [0, 0.1) is 47.3 Å². The summed E-state index contributed by atoms with van der Waals surface area (Å²) < 4.78 is 7.29. The normalized spacial score (nSPS) is 40.8. The fraction of sp³-hybridized carbons (Fsp3) is 0.758. The zero-order valence-electron chi connectivity index (χ0n) is 23.7. The van der Waals surface area contributed by atoms with Gasteiger partial charge in [-0.25, -0.2) is 0 Å². The average Bonchev–Trinajstić information content (AvgIpc) is 2.88. The Kier molecular flexibility index (Phi) is 6.87. The van der Waals surface area contributed by atoms with E-state index in [1.54, 1.807) is 0 Å². The molecule has 0 aromatic heterocycles. The van der Waals surface area contributed by atoms with Crippen molar-refractivity contribution in [3.05, 3.63) is 28.8 Å². The van der Waals surface area contributed by atoms with Gasteiger partial charge < -0.3 is 26.0 Å². The number of nitrogens with one attached hydrogen (secondary N) is 1. The lowest BCUT2D eigenvalue weighted by Crippen LogP contribution is -2.82. The summed E-state index contributed by atoms with van der Waals surface area (Å²) in [6, 6.07) is 3.91. The van der Waals surface area contributed by atoms with Crippen LogP contribution in [0.25, 0.3) is 0 Å². The standard InChI is InChI=1S/C33H48N2O3/c1-4-13-35-19-24-17-27(37)16-22-8-6-10-29-32(25-9-5-7-21(14-25)15-28(22)24)18-23-11-12-26(20-36)33(29,34)30(23)31(2,3)38-32/h16-17,21,23,25-26,29-30,35-37H,4-5,7-9,11-15,18-20,34H2,1-3H3/t21-,23-,25+,26-,29+,30-,32+,33-/m0/s1. The van der Waals surface area contributed by atoms with Gasteiger partial charge in [-0.1, -0.05) is 31.6 Å². The van der Waals surface area contributed by atoms with Crippen molar-refractivity contribution in [3.63, 3.8) is 0 Å². The summed E-state index contributed by atoms with van der Waals surface area (Å²) >= 11 is 0. The number of aromatic hydroxyl groups is 1. The zero-order valence-corrected chi connectivity index (χ0v) is 23.7. The van der Waals surface area contributed by atoms with E-state index in [-0.39, 0.29) is 35.6 Å². The molecule has 1 aromatic carbocycles. The number of rotatable bonds is 5. The van der Waals surface area contributed by atoms with Crippen LogP contribution in [0.4, 0.5) is 0 Å². The third kappa shape index (κ3) is 4.05. The molecule has 2 saturated heterocycles. The molecule has 38 heavy (non-hydrogen) atoms. The Labute approximate surface area is 229 Å². The van der Waals surface area contributed by atoms with Gasteiger partial charge >= 0.3 is 0 Å². The van der Waals surface area contributed by atoms with Crippen LogP contribution in [-0.4, -0.2) is 40.1 Å². The topological polar surface area (TPSA) is 87.7 Å². The van der Waals surface area contributed by atoms with Crippen molar-refractivity contribution in [1.29, 1.82) is 0 Å². The smallest absolute Gasteiger partial charge is 0.116 e. The van der Waals surface area contributed by atoms with E-state index in [9.17, 15) is 10.2 Å². The summed E-state index contributed by atoms with van der Waals surface area (Å²) in [6.07, 6.45) is 10.7. The quantitative estimate of drug-likeness (QED) is 0.334. The lowest BCUT2D eigenvalue weighted by Gasteiger charge is -2.73. The van der Waals surface area contributed by atoms with E-state index < -0.39 is 5.54 Å². The predicted molar refractivity (Wildman–Crippen MR) is 150 cm³/mol. The summed E-state index contributed by atoms with van der Waals surface area (Å²) in [5.74, 6) is 9.45. The molecule has 1 aromatic rings. The molecule has 2 heterocycles. The van der Waals surface area contributed by atoms with Gasteiger partial charge in [0.25, 0.3) is 0 Å². The molecule has 0 amide bonds. The number of aliphatic hydroxyl groups is 1. The molecule has 0 unspecified atom stereocenters. The lowest BCUT2D eigenvalue weighted by atomic mass is 9.40. The summed E-state index contributed by atoms with van der Waals surface area (Å²) in [7, 11) is 0. The molecule has 6 bridgehead atoms. The maximum absolute atomic E-state index is 10.7. The van der Waals surface area contributed by atoms with Crippen LogP contribution in [0.15, 0.2) is 12.1 Å². The maximum Gasteiger partial charge on any atom is 0.116 e. The Hall–Kier alpha value is -1.58. The van der Waals surface area contributed by atoms with Crippen LogP contribution in [0.5, 0.6) is 5.75 Å². The Morgan fingerprint density at radius 1 is 1.18 bits per heavy atom. The minimum atomic E-state index is -0.539. The third-order valence-corrected chi connectivity index (χ3v) is 11.2. The molecule has 3 saturated carbocycles. The fourth-order valence-corrected chi connectivity index (χ4v) is 10.1. The Balaban J connectivity index is 1.47. The Morgan fingerprint density at radius 2 is 2.03 bits per heavy atom. The molecule has 5 nitrogen and oxygen atoms in total. The van der Waals surface area contributed by atoms with Gasteiger partial charge in [-0.05, 0) is 112 Å². The largest absolute Gasteiger partial charge is 0.508 e. The van der Waals surface area contributed by atoms with Crippen LogP contribution in [0.3, 0.4) is 0 Å². The summed E-state index contributed by atoms with van der Waals surface area (Å²) in [6.45, 7) is 8.59.